The van der Waals surface area contributed by atoms with E-state index in [0.717, 1.165) is 0 Å². The first-order chi connectivity index (χ1) is 7.63. The van der Waals surface area contributed by atoms with Crippen molar-refractivity contribution in [3.8, 4) is 11.5 Å². The quantitative estimate of drug-likeness (QED) is 0.737. The highest BCUT2D eigenvalue weighted by molar-refractivity contribution is 5.78. The third kappa shape index (κ3) is 2.43. The molecule has 5 nitrogen and oxygen atoms in total. The molecule has 16 heavy (non-hydrogen) atoms. The third-order valence-corrected chi connectivity index (χ3v) is 2.27. The van der Waals surface area contributed by atoms with E-state index in [4.69, 9.17) is 9.84 Å². The van der Waals surface area contributed by atoms with Gasteiger partial charge in [-0.05, 0) is 17.7 Å². The van der Waals surface area contributed by atoms with Gasteiger partial charge in [-0.2, -0.15) is 0 Å². The lowest BCUT2D eigenvalue weighted by molar-refractivity contribution is -0.143. The Labute approximate surface area is 93.2 Å². The van der Waals surface area contributed by atoms with Gasteiger partial charge in [-0.15, -0.1) is 0 Å². The van der Waals surface area contributed by atoms with E-state index in [-0.39, 0.29) is 18.1 Å². The van der Waals surface area contributed by atoms with Crippen LogP contribution in [0.3, 0.4) is 0 Å². The van der Waals surface area contributed by atoms with E-state index in [0.29, 0.717) is 5.56 Å². The summed E-state index contributed by atoms with van der Waals surface area (Å²) in [4.78, 5) is 11.3. The highest BCUT2D eigenvalue weighted by Gasteiger charge is 2.21. The second-order valence-electron chi connectivity index (χ2n) is 3.19. The fourth-order valence-corrected chi connectivity index (χ4v) is 1.37. The largest absolute Gasteiger partial charge is 0.504 e. The Kier molecular flexibility index (Phi) is 4.13. The summed E-state index contributed by atoms with van der Waals surface area (Å²) in [5.74, 6) is -1.07. The van der Waals surface area contributed by atoms with Crippen LogP contribution in [0.1, 0.15) is 11.5 Å². The molecule has 1 aromatic carbocycles. The maximum atomic E-state index is 11.3. The van der Waals surface area contributed by atoms with Gasteiger partial charge < -0.3 is 19.7 Å². The summed E-state index contributed by atoms with van der Waals surface area (Å²) in [6.45, 7) is -0.361. The Morgan fingerprint density at radius 1 is 1.44 bits per heavy atom. The predicted molar refractivity (Wildman–Crippen MR) is 56.5 cm³/mol. The van der Waals surface area contributed by atoms with Crippen molar-refractivity contribution in [1.29, 1.82) is 0 Å². The minimum atomic E-state index is -0.764. The summed E-state index contributed by atoms with van der Waals surface area (Å²) in [5, 5.41) is 18.5. The zero-order valence-electron chi connectivity index (χ0n) is 9.14. The summed E-state index contributed by atoms with van der Waals surface area (Å²) in [6.07, 6.45) is 0. The average Bonchev–Trinajstić information content (AvgIpc) is 2.31. The number of ether oxygens (including phenoxy) is 2. The van der Waals surface area contributed by atoms with E-state index in [2.05, 4.69) is 4.74 Å². The predicted octanol–water partition coefficient (Wildman–Crippen LogP) is 0.650. The Balaban J connectivity index is 3.06. The summed E-state index contributed by atoms with van der Waals surface area (Å²) < 4.78 is 9.47. The third-order valence-electron chi connectivity index (χ3n) is 2.27. The molecule has 1 rings (SSSR count). The molecule has 0 saturated heterocycles. The molecular formula is C11H14O5. The van der Waals surface area contributed by atoms with E-state index >= 15 is 0 Å². The van der Waals surface area contributed by atoms with Gasteiger partial charge in [-0.25, -0.2) is 0 Å². The Morgan fingerprint density at radius 2 is 2.12 bits per heavy atom. The molecule has 0 amide bonds. The van der Waals surface area contributed by atoms with Gasteiger partial charge in [0.2, 0.25) is 0 Å². The van der Waals surface area contributed by atoms with Crippen molar-refractivity contribution in [2.45, 2.75) is 5.92 Å². The smallest absolute Gasteiger partial charge is 0.315 e. The second kappa shape index (κ2) is 5.37. The Bertz CT molecular complexity index is 375. The van der Waals surface area contributed by atoms with Crippen LogP contribution in [-0.4, -0.2) is 37.0 Å². The van der Waals surface area contributed by atoms with Crippen molar-refractivity contribution in [3.05, 3.63) is 23.8 Å². The first kappa shape index (κ1) is 12.3. The molecule has 0 aliphatic heterocycles. The van der Waals surface area contributed by atoms with Crippen LogP contribution in [0.25, 0.3) is 0 Å². The molecule has 0 fully saturated rings. The van der Waals surface area contributed by atoms with Crippen molar-refractivity contribution < 1.29 is 24.5 Å². The number of hydrogen-bond acceptors (Lipinski definition) is 5. The van der Waals surface area contributed by atoms with Gasteiger partial charge in [0.15, 0.2) is 11.5 Å². The maximum Gasteiger partial charge on any atom is 0.315 e. The summed E-state index contributed by atoms with van der Waals surface area (Å²) >= 11 is 0. The fraction of sp³-hybridized carbons (Fsp3) is 0.364. The zero-order chi connectivity index (χ0) is 12.1. The standard InChI is InChI=1S/C11H14O5/c1-15-10-5-7(3-4-9(10)13)8(6-12)11(14)16-2/h3-5,8,12-13H,6H2,1-2H3. The Morgan fingerprint density at radius 3 is 2.62 bits per heavy atom. The first-order valence-electron chi connectivity index (χ1n) is 4.69. The van der Waals surface area contributed by atoms with Gasteiger partial charge in [0.25, 0.3) is 0 Å². The molecule has 88 valence electrons. The normalized spacial score (nSPS) is 11.9. The lowest BCUT2D eigenvalue weighted by atomic mass is 10.00. The fourth-order valence-electron chi connectivity index (χ4n) is 1.37. The molecule has 0 aliphatic rings. The number of methoxy groups -OCH3 is 2. The maximum absolute atomic E-state index is 11.3. The van der Waals surface area contributed by atoms with E-state index < -0.39 is 11.9 Å². The zero-order valence-corrected chi connectivity index (χ0v) is 9.14. The second-order valence-corrected chi connectivity index (χ2v) is 3.19. The number of rotatable bonds is 4. The Hall–Kier alpha value is -1.75. The van der Waals surface area contributed by atoms with Crippen LogP contribution in [-0.2, 0) is 9.53 Å². The summed E-state index contributed by atoms with van der Waals surface area (Å²) in [6, 6.07) is 4.43. The minimum absolute atomic E-state index is 0.0206. The summed E-state index contributed by atoms with van der Waals surface area (Å²) in [5.41, 5.74) is 0.531. The van der Waals surface area contributed by atoms with Gasteiger partial charge in [0, 0.05) is 0 Å². The van der Waals surface area contributed by atoms with Crippen LogP contribution in [0.15, 0.2) is 18.2 Å². The molecule has 0 spiro atoms. The molecule has 0 radical (unpaired) electrons. The van der Waals surface area contributed by atoms with Crippen LogP contribution >= 0.6 is 0 Å². The van der Waals surface area contributed by atoms with Crippen LogP contribution in [0, 0.1) is 0 Å². The van der Waals surface area contributed by atoms with Gasteiger partial charge in [-0.1, -0.05) is 6.07 Å². The number of carbonyl (C=O) groups is 1. The van der Waals surface area contributed by atoms with E-state index in [1.807, 2.05) is 0 Å². The average molecular weight is 226 g/mol. The van der Waals surface area contributed by atoms with Crippen molar-refractivity contribution in [2.24, 2.45) is 0 Å². The van der Waals surface area contributed by atoms with Crippen molar-refractivity contribution in [3.63, 3.8) is 0 Å². The van der Waals surface area contributed by atoms with E-state index in [1.54, 1.807) is 0 Å². The van der Waals surface area contributed by atoms with Gasteiger partial charge in [0.1, 0.15) is 5.92 Å². The number of benzene rings is 1. The number of aromatic hydroxyl groups is 1. The first-order valence-corrected chi connectivity index (χ1v) is 4.69. The van der Waals surface area contributed by atoms with Crippen molar-refractivity contribution in [2.75, 3.05) is 20.8 Å². The molecule has 1 aromatic rings. The minimum Gasteiger partial charge on any atom is -0.504 e. The molecule has 5 heteroatoms. The van der Waals surface area contributed by atoms with Crippen LogP contribution in [0.4, 0.5) is 0 Å². The van der Waals surface area contributed by atoms with Gasteiger partial charge in [-0.3, -0.25) is 4.79 Å². The number of aliphatic hydroxyl groups excluding tert-OH is 1. The van der Waals surface area contributed by atoms with Crippen molar-refractivity contribution in [1.82, 2.24) is 0 Å². The number of phenols is 1. The molecule has 0 heterocycles. The van der Waals surface area contributed by atoms with Gasteiger partial charge >= 0.3 is 5.97 Å². The molecule has 0 saturated carbocycles. The van der Waals surface area contributed by atoms with E-state index in [1.165, 1.54) is 32.4 Å². The SMILES string of the molecule is COC(=O)C(CO)c1ccc(O)c(OC)c1. The lowest BCUT2D eigenvalue weighted by Gasteiger charge is -2.13. The molecule has 0 aromatic heterocycles. The number of phenolic OH excluding ortho intramolecular Hbond substituents is 1. The van der Waals surface area contributed by atoms with Crippen LogP contribution < -0.4 is 4.74 Å². The molecular weight excluding hydrogens is 212 g/mol. The topological polar surface area (TPSA) is 76.0 Å². The monoisotopic (exact) mass is 226 g/mol. The van der Waals surface area contributed by atoms with Crippen molar-refractivity contribution >= 4 is 5.97 Å². The molecule has 0 aliphatic carbocycles. The molecule has 0 bridgehead atoms. The molecule has 2 N–H and O–H groups in total. The lowest BCUT2D eigenvalue weighted by Crippen LogP contribution is -2.17. The number of esters is 1. The molecule has 1 unspecified atom stereocenters. The number of aliphatic hydroxyl groups is 1. The molecule has 1 atom stereocenters. The number of carbonyl (C=O) groups excluding carboxylic acids is 1. The van der Waals surface area contributed by atoms with Gasteiger partial charge in [0.05, 0.1) is 20.8 Å². The highest BCUT2D eigenvalue weighted by Crippen LogP contribution is 2.29. The van der Waals surface area contributed by atoms with E-state index in [9.17, 15) is 9.90 Å². The highest BCUT2D eigenvalue weighted by atomic mass is 16.5. The summed E-state index contributed by atoms with van der Waals surface area (Å²) in [7, 11) is 2.66. The number of hydrogen-bond donors (Lipinski definition) is 2. The van der Waals surface area contributed by atoms with Crippen LogP contribution in [0.2, 0.25) is 0 Å². The van der Waals surface area contributed by atoms with Crippen LogP contribution in [0.5, 0.6) is 11.5 Å².